The molecule has 0 radical (unpaired) electrons. The predicted octanol–water partition coefficient (Wildman–Crippen LogP) is 4.59. The van der Waals surface area contributed by atoms with Gasteiger partial charge in [0.2, 0.25) is 0 Å². The number of nitrogens with zero attached hydrogens (tertiary/aromatic N) is 4. The largest absolute Gasteiger partial charge is 0.444 e. The molecule has 1 aliphatic rings. The monoisotopic (exact) mass is 482 g/mol. The zero-order valence-corrected chi connectivity index (χ0v) is 21.2. The van der Waals surface area contributed by atoms with Crippen molar-refractivity contribution in [2.75, 3.05) is 12.8 Å². The molecule has 180 valence electrons. The number of rotatable bonds is 3. The van der Waals surface area contributed by atoms with Crippen LogP contribution in [0.4, 0.5) is 4.79 Å². The average Bonchev–Trinajstić information content (AvgIpc) is 3.09. The minimum Gasteiger partial charge on any atom is -0.444 e. The summed E-state index contributed by atoms with van der Waals surface area (Å²) in [6.07, 6.45) is 5.50. The first-order valence-corrected chi connectivity index (χ1v) is 13.0. The summed E-state index contributed by atoms with van der Waals surface area (Å²) in [5.41, 5.74) is 3.42. The Labute approximate surface area is 200 Å². The Morgan fingerprint density at radius 3 is 2.41 bits per heavy atom. The average molecular weight is 483 g/mol. The van der Waals surface area contributed by atoms with Gasteiger partial charge in [0.15, 0.2) is 15.5 Å². The number of hydrogen-bond acceptors (Lipinski definition) is 6. The molecule has 8 nitrogen and oxygen atoms in total. The van der Waals surface area contributed by atoms with Gasteiger partial charge in [-0.05, 0) is 70.0 Å². The number of sulfone groups is 1. The molecule has 4 rings (SSSR count). The number of ether oxygens (including phenoxy) is 1. The number of benzene rings is 1. The summed E-state index contributed by atoms with van der Waals surface area (Å²) in [5, 5.41) is 0. The highest BCUT2D eigenvalue weighted by Gasteiger charge is 2.31. The van der Waals surface area contributed by atoms with Crippen LogP contribution in [0, 0.1) is 6.92 Å². The van der Waals surface area contributed by atoms with Crippen LogP contribution in [0.2, 0.25) is 0 Å². The molecule has 0 spiro atoms. The molecule has 1 aliphatic heterocycles. The number of imidazole rings is 1. The van der Waals surface area contributed by atoms with Gasteiger partial charge in [-0.2, -0.15) is 0 Å². The molecule has 0 aliphatic carbocycles. The van der Waals surface area contributed by atoms with E-state index in [9.17, 15) is 13.2 Å². The smallest absolute Gasteiger partial charge is 0.411 e. The minimum absolute atomic E-state index is 0.240. The highest BCUT2D eigenvalue weighted by molar-refractivity contribution is 7.90. The Bertz CT molecular complexity index is 1380. The van der Waals surface area contributed by atoms with E-state index in [-0.39, 0.29) is 17.0 Å². The van der Waals surface area contributed by atoms with Crippen molar-refractivity contribution in [3.8, 4) is 11.4 Å². The highest BCUT2D eigenvalue weighted by Crippen LogP contribution is 2.32. The van der Waals surface area contributed by atoms with Crippen LogP contribution in [-0.2, 0) is 21.6 Å². The third-order valence-electron chi connectivity index (χ3n) is 5.75. The molecule has 3 aromatic rings. The van der Waals surface area contributed by atoms with Gasteiger partial charge in [0, 0.05) is 25.4 Å². The van der Waals surface area contributed by atoms with Gasteiger partial charge in [0.25, 0.3) is 0 Å². The molecule has 3 heterocycles. The molecule has 1 aromatic carbocycles. The predicted molar refractivity (Wildman–Crippen MR) is 131 cm³/mol. The SMILES string of the molecule is Cc1cc(C2CC=CCN2C(=O)OC(C)(C)C)nc2c1nc(-c1ccc(S(C)(=O)=O)cc1)n2C. The summed E-state index contributed by atoms with van der Waals surface area (Å²) in [4.78, 5) is 24.6. The Hall–Kier alpha value is -3.20. The lowest BCUT2D eigenvalue weighted by Crippen LogP contribution is -2.40. The molecule has 0 N–H and O–H groups in total. The number of fused-ring (bicyclic) bond motifs is 1. The van der Waals surface area contributed by atoms with Gasteiger partial charge in [-0.25, -0.2) is 23.2 Å². The number of aromatic nitrogens is 3. The molecule has 0 saturated heterocycles. The number of amides is 1. The second-order valence-electron chi connectivity index (χ2n) is 9.68. The van der Waals surface area contributed by atoms with Crippen LogP contribution in [-0.4, -0.2) is 52.3 Å². The maximum atomic E-state index is 12.9. The second kappa shape index (κ2) is 8.54. The molecule has 2 aromatic heterocycles. The lowest BCUT2D eigenvalue weighted by atomic mass is 10.0. The van der Waals surface area contributed by atoms with Crippen LogP contribution in [0.1, 0.15) is 44.5 Å². The van der Waals surface area contributed by atoms with Gasteiger partial charge in [0.05, 0.1) is 16.6 Å². The fraction of sp³-hybridized carbons (Fsp3) is 0.400. The van der Waals surface area contributed by atoms with Crippen LogP contribution >= 0.6 is 0 Å². The van der Waals surface area contributed by atoms with Crippen molar-refractivity contribution in [1.29, 1.82) is 0 Å². The Kier molecular flexibility index (Phi) is 6.01. The second-order valence-corrected chi connectivity index (χ2v) is 11.7. The first kappa shape index (κ1) is 23.9. The molecule has 1 amide bonds. The van der Waals surface area contributed by atoms with Crippen molar-refractivity contribution < 1.29 is 17.9 Å². The summed E-state index contributed by atoms with van der Waals surface area (Å²) in [7, 11) is -1.39. The maximum Gasteiger partial charge on any atom is 0.411 e. The van der Waals surface area contributed by atoms with Gasteiger partial charge < -0.3 is 9.30 Å². The molecule has 0 bridgehead atoms. The number of carbonyl (C=O) groups excluding carboxylic acids is 1. The van der Waals surface area contributed by atoms with Crippen molar-refractivity contribution >= 4 is 27.1 Å². The number of pyridine rings is 1. The third kappa shape index (κ3) is 4.70. The van der Waals surface area contributed by atoms with Crippen LogP contribution in [0.3, 0.4) is 0 Å². The molecule has 1 unspecified atom stereocenters. The van der Waals surface area contributed by atoms with Crippen molar-refractivity contribution in [2.24, 2.45) is 7.05 Å². The number of aryl methyl sites for hydroxylation is 2. The van der Waals surface area contributed by atoms with E-state index in [2.05, 4.69) is 6.08 Å². The minimum atomic E-state index is -3.27. The quantitative estimate of drug-likeness (QED) is 0.507. The zero-order valence-electron chi connectivity index (χ0n) is 20.4. The van der Waals surface area contributed by atoms with E-state index >= 15 is 0 Å². The van der Waals surface area contributed by atoms with Gasteiger partial charge in [-0.1, -0.05) is 12.2 Å². The van der Waals surface area contributed by atoms with Crippen LogP contribution < -0.4 is 0 Å². The lowest BCUT2D eigenvalue weighted by Gasteiger charge is -2.34. The van der Waals surface area contributed by atoms with E-state index in [1.54, 1.807) is 29.2 Å². The van der Waals surface area contributed by atoms with Crippen LogP contribution in [0.25, 0.3) is 22.6 Å². The molecule has 0 fully saturated rings. The third-order valence-corrected chi connectivity index (χ3v) is 6.88. The first-order valence-electron chi connectivity index (χ1n) is 11.1. The van der Waals surface area contributed by atoms with Crippen LogP contribution in [0.15, 0.2) is 47.4 Å². The first-order chi connectivity index (χ1) is 15.8. The van der Waals surface area contributed by atoms with E-state index in [1.165, 1.54) is 6.26 Å². The fourth-order valence-electron chi connectivity index (χ4n) is 4.08. The lowest BCUT2D eigenvalue weighted by molar-refractivity contribution is 0.0172. The Morgan fingerprint density at radius 1 is 1.12 bits per heavy atom. The molecule has 0 saturated carbocycles. The topological polar surface area (TPSA) is 94.4 Å². The van der Waals surface area contributed by atoms with Gasteiger partial charge in [-0.15, -0.1) is 0 Å². The van der Waals surface area contributed by atoms with E-state index in [0.717, 1.165) is 22.3 Å². The van der Waals surface area contributed by atoms with Crippen molar-refractivity contribution in [3.63, 3.8) is 0 Å². The summed E-state index contributed by atoms with van der Waals surface area (Å²) in [6, 6.07) is 8.42. The number of carbonyl (C=O) groups is 1. The standard InChI is InChI=1S/C25H30N4O4S/c1-16-15-19(20-9-7-8-14-29(20)24(30)33-25(2,3)4)26-23-21(16)27-22(28(23)5)17-10-12-18(13-11-17)34(6,31)32/h7-8,10-13,15,20H,9,14H2,1-6H3. The van der Waals surface area contributed by atoms with Crippen LogP contribution in [0.5, 0.6) is 0 Å². The molecular formula is C25H30N4O4S. The summed E-state index contributed by atoms with van der Waals surface area (Å²) >= 11 is 0. The zero-order chi connectivity index (χ0) is 24.8. The molecular weight excluding hydrogens is 452 g/mol. The highest BCUT2D eigenvalue weighted by atomic mass is 32.2. The van der Waals surface area contributed by atoms with E-state index in [4.69, 9.17) is 14.7 Å². The van der Waals surface area contributed by atoms with Crippen molar-refractivity contribution in [3.05, 3.63) is 53.7 Å². The molecule has 1 atom stereocenters. The number of hydrogen-bond donors (Lipinski definition) is 0. The summed E-state index contributed by atoms with van der Waals surface area (Å²) < 4.78 is 31.1. The molecule has 9 heteroatoms. The van der Waals surface area contributed by atoms with Gasteiger partial charge >= 0.3 is 6.09 Å². The van der Waals surface area contributed by atoms with Crippen molar-refractivity contribution in [1.82, 2.24) is 19.4 Å². The maximum absolute atomic E-state index is 12.9. The molecule has 34 heavy (non-hydrogen) atoms. The van der Waals surface area contributed by atoms with Crippen molar-refractivity contribution in [2.45, 2.75) is 50.7 Å². The van der Waals surface area contributed by atoms with Gasteiger partial charge in [-0.3, -0.25) is 4.90 Å². The summed E-state index contributed by atoms with van der Waals surface area (Å²) in [5.74, 6) is 0.690. The summed E-state index contributed by atoms with van der Waals surface area (Å²) in [6.45, 7) is 8.00. The normalized spacial score (nSPS) is 16.8. The van der Waals surface area contributed by atoms with Gasteiger partial charge in [0.1, 0.15) is 16.9 Å². The fourth-order valence-corrected chi connectivity index (χ4v) is 4.71. The van der Waals surface area contributed by atoms with E-state index in [1.807, 2.05) is 51.5 Å². The Morgan fingerprint density at radius 2 is 1.79 bits per heavy atom. The van der Waals surface area contributed by atoms with E-state index in [0.29, 0.717) is 24.4 Å². The Balaban J connectivity index is 1.74. The van der Waals surface area contributed by atoms with E-state index < -0.39 is 15.4 Å².